The van der Waals surface area contributed by atoms with Gasteiger partial charge in [-0.05, 0) is 19.1 Å². The summed E-state index contributed by atoms with van der Waals surface area (Å²) < 4.78 is 41.4. The van der Waals surface area contributed by atoms with Gasteiger partial charge in [-0.3, -0.25) is 4.52 Å². The van der Waals surface area contributed by atoms with Crippen molar-refractivity contribution in [2.75, 3.05) is 6.79 Å². The Labute approximate surface area is 98.4 Å². The van der Waals surface area contributed by atoms with E-state index in [1.807, 2.05) is 0 Å². The summed E-state index contributed by atoms with van der Waals surface area (Å²) >= 11 is 0. The van der Waals surface area contributed by atoms with E-state index < -0.39 is 24.7 Å². The lowest BCUT2D eigenvalue weighted by Gasteiger charge is -2.07. The van der Waals surface area contributed by atoms with Gasteiger partial charge in [0.25, 0.3) is 10.1 Å². The molecule has 0 amide bonds. The molecule has 0 aliphatic heterocycles. The molecule has 0 aromatic heterocycles. The fraction of sp³-hybridized carbons (Fsp3) is 0.250. The van der Waals surface area contributed by atoms with E-state index in [1.165, 1.54) is 12.1 Å². The molecule has 9 heteroatoms. The standard InChI is InChI=1S/C8H11O7PS/c1-7-2-4-8(5-3-7)17(12,13)15-6-14-16(9,10)11/h2-5H,6H2,1H3,(H2,9,10,11). The van der Waals surface area contributed by atoms with Gasteiger partial charge < -0.3 is 9.79 Å². The third-order valence-electron chi connectivity index (χ3n) is 1.73. The van der Waals surface area contributed by atoms with Crippen molar-refractivity contribution >= 4 is 17.9 Å². The molecule has 1 rings (SSSR count). The second-order valence-electron chi connectivity index (χ2n) is 3.12. The quantitative estimate of drug-likeness (QED) is 0.466. The molecule has 0 heterocycles. The van der Waals surface area contributed by atoms with Gasteiger partial charge in [0.1, 0.15) is 0 Å². The predicted octanol–water partition coefficient (Wildman–Crippen LogP) is 0.767. The Hall–Kier alpha value is -0.760. The van der Waals surface area contributed by atoms with E-state index in [4.69, 9.17) is 9.79 Å². The van der Waals surface area contributed by atoms with E-state index in [0.29, 0.717) is 0 Å². The molecule has 0 bridgehead atoms. The number of rotatable bonds is 5. The summed E-state index contributed by atoms with van der Waals surface area (Å²) in [5.41, 5.74) is 0.871. The Balaban J connectivity index is 2.70. The minimum Gasteiger partial charge on any atom is -0.303 e. The van der Waals surface area contributed by atoms with Crippen LogP contribution in [0, 0.1) is 6.92 Å². The summed E-state index contributed by atoms with van der Waals surface area (Å²) in [6.07, 6.45) is 0. The normalized spacial score (nSPS) is 12.6. The van der Waals surface area contributed by atoms with Gasteiger partial charge in [0.2, 0.25) is 0 Å². The zero-order chi connectivity index (χ0) is 13.1. The van der Waals surface area contributed by atoms with Crippen LogP contribution in [-0.2, 0) is 23.4 Å². The average Bonchev–Trinajstić information content (AvgIpc) is 2.15. The van der Waals surface area contributed by atoms with Crippen LogP contribution in [0.25, 0.3) is 0 Å². The summed E-state index contributed by atoms with van der Waals surface area (Å²) in [5, 5.41) is 0. The molecule has 7 nitrogen and oxygen atoms in total. The SMILES string of the molecule is Cc1ccc(S(=O)(=O)OCOP(=O)(O)O)cc1. The number of phosphoric ester groups is 1. The average molecular weight is 282 g/mol. The van der Waals surface area contributed by atoms with Gasteiger partial charge in [0.05, 0.1) is 4.90 Å². The van der Waals surface area contributed by atoms with Crippen molar-refractivity contribution in [2.45, 2.75) is 11.8 Å². The van der Waals surface area contributed by atoms with Crippen molar-refractivity contribution in [1.29, 1.82) is 0 Å². The summed E-state index contributed by atoms with van der Waals surface area (Å²) in [4.78, 5) is 16.6. The van der Waals surface area contributed by atoms with Gasteiger partial charge in [0.15, 0.2) is 6.79 Å². The molecule has 96 valence electrons. The van der Waals surface area contributed by atoms with Gasteiger partial charge in [-0.25, -0.2) is 8.75 Å². The summed E-state index contributed by atoms with van der Waals surface area (Å²) in [7, 11) is -8.81. The summed E-state index contributed by atoms with van der Waals surface area (Å²) in [5.74, 6) is 0. The lowest BCUT2D eigenvalue weighted by atomic mass is 10.2. The number of hydrogen-bond donors (Lipinski definition) is 2. The van der Waals surface area contributed by atoms with Crippen molar-refractivity contribution in [3.63, 3.8) is 0 Å². The maximum absolute atomic E-state index is 11.5. The molecule has 0 unspecified atom stereocenters. The molecule has 1 aromatic rings. The largest absolute Gasteiger partial charge is 0.471 e. The van der Waals surface area contributed by atoms with Crippen molar-refractivity contribution in [1.82, 2.24) is 0 Å². The second-order valence-corrected chi connectivity index (χ2v) is 5.98. The number of aryl methyl sites for hydroxylation is 1. The predicted molar refractivity (Wildman–Crippen MR) is 57.4 cm³/mol. The van der Waals surface area contributed by atoms with Crippen molar-refractivity contribution in [3.8, 4) is 0 Å². The molecule has 0 saturated heterocycles. The maximum atomic E-state index is 11.5. The molecular weight excluding hydrogens is 271 g/mol. The van der Waals surface area contributed by atoms with E-state index in [1.54, 1.807) is 19.1 Å². The van der Waals surface area contributed by atoms with Crippen molar-refractivity contribution in [3.05, 3.63) is 29.8 Å². The van der Waals surface area contributed by atoms with Gasteiger partial charge in [-0.2, -0.15) is 8.42 Å². The molecule has 2 N–H and O–H groups in total. The van der Waals surface area contributed by atoms with E-state index in [9.17, 15) is 13.0 Å². The molecule has 17 heavy (non-hydrogen) atoms. The zero-order valence-corrected chi connectivity index (χ0v) is 10.5. The first-order valence-corrected chi connectivity index (χ1v) is 7.31. The van der Waals surface area contributed by atoms with E-state index in [-0.39, 0.29) is 4.90 Å². The molecule has 0 aliphatic carbocycles. The Morgan fingerprint density at radius 3 is 2.24 bits per heavy atom. The van der Waals surface area contributed by atoms with Gasteiger partial charge >= 0.3 is 7.82 Å². The molecule has 0 fully saturated rings. The third-order valence-corrected chi connectivity index (χ3v) is 3.43. The molecule has 0 radical (unpaired) electrons. The van der Waals surface area contributed by atoms with Gasteiger partial charge in [-0.1, -0.05) is 17.7 Å². The molecule has 0 atom stereocenters. The summed E-state index contributed by atoms with van der Waals surface area (Å²) in [6.45, 7) is 0.745. The molecule has 0 spiro atoms. The molecular formula is C8H11O7PS. The highest BCUT2D eigenvalue weighted by Gasteiger charge is 2.19. The number of phosphoric acid groups is 1. The van der Waals surface area contributed by atoms with E-state index >= 15 is 0 Å². The van der Waals surface area contributed by atoms with Gasteiger partial charge in [-0.15, -0.1) is 0 Å². The highest BCUT2D eigenvalue weighted by molar-refractivity contribution is 7.86. The van der Waals surface area contributed by atoms with Crippen LogP contribution in [0.4, 0.5) is 0 Å². The highest BCUT2D eigenvalue weighted by Crippen LogP contribution is 2.35. The minimum absolute atomic E-state index is 0.114. The first-order chi connectivity index (χ1) is 7.71. The van der Waals surface area contributed by atoms with Crippen molar-refractivity contribution in [2.24, 2.45) is 0 Å². The van der Waals surface area contributed by atoms with Crippen LogP contribution in [0.5, 0.6) is 0 Å². The van der Waals surface area contributed by atoms with Gasteiger partial charge in [0, 0.05) is 0 Å². The fourth-order valence-electron chi connectivity index (χ4n) is 0.926. The Morgan fingerprint density at radius 1 is 1.24 bits per heavy atom. The first-order valence-electron chi connectivity index (χ1n) is 4.37. The topological polar surface area (TPSA) is 110 Å². The lowest BCUT2D eigenvalue weighted by molar-refractivity contribution is 0.0879. The van der Waals surface area contributed by atoms with E-state index in [0.717, 1.165) is 5.56 Å². The van der Waals surface area contributed by atoms with Crippen LogP contribution >= 0.6 is 7.82 Å². The fourth-order valence-corrected chi connectivity index (χ4v) is 1.97. The molecule has 0 aliphatic rings. The van der Waals surface area contributed by atoms with Crippen LogP contribution in [0.2, 0.25) is 0 Å². The monoisotopic (exact) mass is 282 g/mol. The maximum Gasteiger partial charge on any atom is 0.471 e. The lowest BCUT2D eigenvalue weighted by Crippen LogP contribution is -2.09. The zero-order valence-electron chi connectivity index (χ0n) is 8.81. The van der Waals surface area contributed by atoms with Crippen LogP contribution in [0.3, 0.4) is 0 Å². The molecule has 0 saturated carbocycles. The van der Waals surface area contributed by atoms with Crippen LogP contribution in [0.15, 0.2) is 29.2 Å². The second kappa shape index (κ2) is 5.26. The number of hydrogen-bond acceptors (Lipinski definition) is 5. The van der Waals surface area contributed by atoms with Crippen LogP contribution in [-0.4, -0.2) is 25.0 Å². The van der Waals surface area contributed by atoms with Crippen LogP contribution in [0.1, 0.15) is 5.56 Å². The smallest absolute Gasteiger partial charge is 0.303 e. The first kappa shape index (κ1) is 14.3. The van der Waals surface area contributed by atoms with Crippen LogP contribution < -0.4 is 0 Å². The Morgan fingerprint density at radius 2 is 1.76 bits per heavy atom. The Kier molecular flexibility index (Phi) is 4.42. The molecule has 1 aromatic carbocycles. The highest BCUT2D eigenvalue weighted by atomic mass is 32.2. The minimum atomic E-state index is -4.74. The van der Waals surface area contributed by atoms with Crippen molar-refractivity contribution < 1.29 is 31.5 Å². The number of benzene rings is 1. The Bertz CT molecular complexity index is 515. The third kappa shape index (κ3) is 4.95. The van der Waals surface area contributed by atoms with E-state index in [2.05, 4.69) is 8.71 Å². The summed E-state index contributed by atoms with van der Waals surface area (Å²) in [6, 6.07) is 5.78.